The van der Waals surface area contributed by atoms with Gasteiger partial charge in [-0.15, -0.1) is 0 Å². The molecule has 0 aliphatic heterocycles. The van der Waals surface area contributed by atoms with Gasteiger partial charge in [-0.25, -0.2) is 14.4 Å². The quantitative estimate of drug-likeness (QED) is 0.127. The predicted molar refractivity (Wildman–Crippen MR) is 80.6 cm³/mol. The van der Waals surface area contributed by atoms with Gasteiger partial charge in [-0.05, 0) is 26.2 Å². The molecule has 0 heterocycles. The lowest BCUT2D eigenvalue weighted by atomic mass is 10.1. The molecule has 0 saturated heterocycles. The highest BCUT2D eigenvalue weighted by Gasteiger charge is 2.17. The van der Waals surface area contributed by atoms with Gasteiger partial charge in [0.1, 0.15) is 11.9 Å². The Balaban J connectivity index is 4.05. The number of aliphatic carboxylic acids is 1. The second-order valence-electron chi connectivity index (χ2n) is 4.37. The van der Waals surface area contributed by atoms with Crippen molar-refractivity contribution in [3.8, 4) is 0 Å². The first-order chi connectivity index (χ1) is 10.9. The van der Waals surface area contributed by atoms with Crippen molar-refractivity contribution in [2.24, 2.45) is 5.16 Å². The number of carboxylic acids is 1. The number of unbranched alkanes of at least 4 members (excludes halogenated alkanes) is 1. The fraction of sp³-hybridized carbons (Fsp3) is 0.667. The molecule has 0 aliphatic rings. The number of carbonyl (C=O) groups is 3. The minimum Gasteiger partial charge on any atom is -0.480 e. The molecule has 0 saturated carbocycles. The average molecular weight is 333 g/mol. The van der Waals surface area contributed by atoms with Gasteiger partial charge in [-0.2, -0.15) is 5.48 Å². The van der Waals surface area contributed by atoms with Gasteiger partial charge in [0, 0.05) is 20.6 Å². The van der Waals surface area contributed by atoms with Crippen LogP contribution in [0.25, 0.3) is 0 Å². The van der Waals surface area contributed by atoms with Gasteiger partial charge in [0.2, 0.25) is 0 Å². The van der Waals surface area contributed by atoms with Crippen LogP contribution in [0, 0.1) is 0 Å². The van der Waals surface area contributed by atoms with Crippen LogP contribution in [-0.4, -0.2) is 55.8 Å². The molecule has 0 aromatic heterocycles. The minimum atomic E-state index is -1.05. The number of nitrogens with zero attached hydrogens (tertiary/aromatic N) is 1. The summed E-state index contributed by atoms with van der Waals surface area (Å²) >= 11 is 0. The number of carboxylic acid groups (broad SMARTS) is 1. The number of carbonyl (C=O) groups excluding carboxylic acids is 2. The van der Waals surface area contributed by atoms with E-state index in [0.29, 0.717) is 25.8 Å². The molecule has 0 radical (unpaired) electrons. The van der Waals surface area contributed by atoms with Gasteiger partial charge >= 0.3 is 18.2 Å². The smallest absolute Gasteiger partial charge is 0.433 e. The molecule has 11 heteroatoms. The van der Waals surface area contributed by atoms with E-state index in [0.717, 1.165) is 0 Å². The molecule has 0 rings (SSSR count). The number of hydrogen-bond donors (Lipinski definition) is 5. The second-order valence-corrected chi connectivity index (χ2v) is 4.37. The molecule has 0 spiro atoms. The third kappa shape index (κ3) is 10.8. The molecule has 1 atom stereocenters. The van der Waals surface area contributed by atoms with Crippen LogP contribution >= 0.6 is 0 Å². The Labute approximate surface area is 133 Å². The van der Waals surface area contributed by atoms with Crippen LogP contribution in [0.4, 0.5) is 9.59 Å². The number of amides is 2. The lowest BCUT2D eigenvalue weighted by Gasteiger charge is -2.14. The molecule has 2 amide bonds. The van der Waals surface area contributed by atoms with Gasteiger partial charge in [0.15, 0.2) is 0 Å². The highest BCUT2D eigenvalue weighted by Crippen LogP contribution is 2.01. The summed E-state index contributed by atoms with van der Waals surface area (Å²) in [4.78, 5) is 41.8. The van der Waals surface area contributed by atoms with Crippen molar-refractivity contribution < 1.29 is 29.2 Å². The summed E-state index contributed by atoms with van der Waals surface area (Å²) in [6.07, 6.45) is 0.146. The van der Waals surface area contributed by atoms with E-state index in [1.807, 2.05) is 0 Å². The molecular formula is C12H23N5O6. The third-order valence-corrected chi connectivity index (χ3v) is 2.54. The Morgan fingerprint density at radius 1 is 1.13 bits per heavy atom. The topological polar surface area (TPSA) is 150 Å². The number of rotatable bonds is 9. The number of nitrogens with one attached hydrogen (secondary N) is 4. The van der Waals surface area contributed by atoms with Gasteiger partial charge in [-0.1, -0.05) is 5.16 Å². The van der Waals surface area contributed by atoms with E-state index in [9.17, 15) is 14.4 Å². The van der Waals surface area contributed by atoms with Crippen molar-refractivity contribution >= 4 is 24.0 Å². The lowest BCUT2D eigenvalue weighted by Crippen LogP contribution is -2.40. The normalized spacial score (nSPS) is 12.0. The number of hydroxylamine groups is 1. The Morgan fingerprint density at radius 2 is 1.78 bits per heavy atom. The summed E-state index contributed by atoms with van der Waals surface area (Å²) in [5.74, 6) is -0.879. The van der Waals surface area contributed by atoms with Crippen molar-refractivity contribution in [1.82, 2.24) is 21.4 Å². The van der Waals surface area contributed by atoms with Gasteiger partial charge in [0.05, 0.1) is 0 Å². The second kappa shape index (κ2) is 12.0. The van der Waals surface area contributed by atoms with E-state index < -0.39 is 24.2 Å². The van der Waals surface area contributed by atoms with Crippen LogP contribution in [0.15, 0.2) is 5.16 Å². The maximum Gasteiger partial charge on any atom is 0.433 e. The maximum atomic E-state index is 11.1. The van der Waals surface area contributed by atoms with E-state index in [4.69, 9.17) is 5.11 Å². The molecule has 132 valence electrons. The van der Waals surface area contributed by atoms with Crippen molar-refractivity contribution in [1.29, 1.82) is 0 Å². The van der Waals surface area contributed by atoms with Crippen molar-refractivity contribution in [3.05, 3.63) is 0 Å². The summed E-state index contributed by atoms with van der Waals surface area (Å²) in [7, 11) is 2.81. The zero-order valence-electron chi connectivity index (χ0n) is 13.3. The van der Waals surface area contributed by atoms with Gasteiger partial charge < -0.3 is 25.9 Å². The van der Waals surface area contributed by atoms with Crippen LogP contribution in [-0.2, 0) is 14.5 Å². The molecule has 0 unspecified atom stereocenters. The first-order valence-electron chi connectivity index (χ1n) is 6.94. The van der Waals surface area contributed by atoms with Crippen molar-refractivity contribution in [2.45, 2.75) is 32.2 Å². The highest BCUT2D eigenvalue weighted by atomic mass is 16.7. The molecule has 0 aromatic carbocycles. The Bertz CT molecular complexity index is 428. The molecule has 0 aliphatic carbocycles. The Hall–Kier alpha value is -2.56. The Morgan fingerprint density at radius 3 is 2.35 bits per heavy atom. The predicted octanol–water partition coefficient (Wildman–Crippen LogP) is -0.250. The van der Waals surface area contributed by atoms with E-state index >= 15 is 0 Å². The lowest BCUT2D eigenvalue weighted by molar-refractivity contribution is -0.139. The van der Waals surface area contributed by atoms with Crippen LogP contribution < -0.4 is 21.4 Å². The molecule has 23 heavy (non-hydrogen) atoms. The van der Waals surface area contributed by atoms with Crippen LogP contribution in [0.5, 0.6) is 0 Å². The number of oxime groups is 1. The largest absolute Gasteiger partial charge is 0.480 e. The van der Waals surface area contributed by atoms with Crippen LogP contribution in [0.3, 0.4) is 0 Å². The molecule has 0 fully saturated rings. The fourth-order valence-electron chi connectivity index (χ4n) is 1.40. The molecular weight excluding hydrogens is 310 g/mol. The molecule has 0 aromatic rings. The summed E-state index contributed by atoms with van der Waals surface area (Å²) in [6, 6.07) is -0.869. The molecule has 5 N–H and O–H groups in total. The highest BCUT2D eigenvalue weighted by molar-refractivity contribution is 5.85. The summed E-state index contributed by atoms with van der Waals surface area (Å²) < 4.78 is 0. The zero-order valence-corrected chi connectivity index (χ0v) is 13.3. The van der Waals surface area contributed by atoms with Crippen molar-refractivity contribution in [3.63, 3.8) is 0 Å². The number of hydrogen-bond acceptors (Lipinski definition) is 7. The SMILES string of the molecule is CNC(=O)O/N=C(/C)N[C@@H](CCCCNOC(=O)NC)C(=O)O. The molecule has 0 bridgehead atoms. The monoisotopic (exact) mass is 333 g/mol. The average Bonchev–Trinajstić information content (AvgIpc) is 2.53. The first kappa shape index (κ1) is 20.4. The van der Waals surface area contributed by atoms with E-state index in [1.54, 1.807) is 0 Å². The van der Waals surface area contributed by atoms with Gasteiger partial charge in [0.25, 0.3) is 0 Å². The zero-order chi connectivity index (χ0) is 17.7. The van der Waals surface area contributed by atoms with E-state index in [2.05, 4.69) is 36.3 Å². The number of amidine groups is 1. The van der Waals surface area contributed by atoms with Crippen LogP contribution in [0.1, 0.15) is 26.2 Å². The van der Waals surface area contributed by atoms with Crippen LogP contribution in [0.2, 0.25) is 0 Å². The molecule has 11 nitrogen and oxygen atoms in total. The van der Waals surface area contributed by atoms with Crippen molar-refractivity contribution in [2.75, 3.05) is 20.6 Å². The van der Waals surface area contributed by atoms with E-state index in [-0.39, 0.29) is 5.84 Å². The summed E-state index contributed by atoms with van der Waals surface area (Å²) in [5, 5.41) is 19.7. The first-order valence-corrected chi connectivity index (χ1v) is 6.94. The minimum absolute atomic E-state index is 0.169. The Kier molecular flexibility index (Phi) is 10.7. The fourth-order valence-corrected chi connectivity index (χ4v) is 1.40. The van der Waals surface area contributed by atoms with E-state index in [1.165, 1.54) is 21.0 Å². The summed E-state index contributed by atoms with van der Waals surface area (Å²) in [6.45, 7) is 1.88. The summed E-state index contributed by atoms with van der Waals surface area (Å²) in [5.41, 5.74) is 2.45. The van der Waals surface area contributed by atoms with Gasteiger partial charge in [-0.3, -0.25) is 4.84 Å². The maximum absolute atomic E-state index is 11.1. The third-order valence-electron chi connectivity index (χ3n) is 2.54. The standard InChI is InChI=1S/C12H23N5O6/c1-8(17-23-12(21)14-3)16-9(10(18)19)6-4-5-7-15-22-11(20)13-2/h9,15H,4-7H2,1-3H3,(H,13,20)(H,14,21)(H,16,17)(H,18,19)/t9-/m0/s1.